The van der Waals surface area contributed by atoms with Crippen LogP contribution in [0, 0.1) is 11.8 Å². The summed E-state index contributed by atoms with van der Waals surface area (Å²) in [6.07, 6.45) is 15.4. The average Bonchev–Trinajstić information content (AvgIpc) is 4.03. The van der Waals surface area contributed by atoms with E-state index >= 15 is 0 Å². The Morgan fingerprint density at radius 1 is 0.625 bits per heavy atom. The van der Waals surface area contributed by atoms with Gasteiger partial charge in [0.25, 0.3) is 0 Å². The molecule has 2 aromatic carbocycles. The zero-order chi connectivity index (χ0) is 38.2. The number of rotatable bonds is 8. The maximum Gasteiger partial charge on any atom is 0.227 e. The number of aromatic nitrogens is 8. The van der Waals surface area contributed by atoms with Crippen LogP contribution in [0.15, 0.2) is 98.1 Å². The van der Waals surface area contributed by atoms with Crippen LogP contribution in [0.5, 0.6) is 0 Å². The molecule has 0 saturated carbocycles. The van der Waals surface area contributed by atoms with Crippen molar-refractivity contribution in [2.75, 3.05) is 47.4 Å². The van der Waals surface area contributed by atoms with Gasteiger partial charge in [0.05, 0.1) is 60.7 Å². The Labute approximate surface area is 325 Å². The Balaban J connectivity index is 0.000000146. The Morgan fingerprint density at radius 2 is 1.14 bits per heavy atom. The number of aliphatic hydroxyl groups is 2. The first-order valence-electron chi connectivity index (χ1n) is 19.7. The molecular weight excluding hydrogens is 705 g/mol. The molecule has 4 unspecified atom stereocenters. The number of benzene rings is 2. The SMILES string of the molecule is Nc1ccnc(N2CCC(C(O)CC3c4ccccc4-c4cncn43)CC2)n1.Nc1nccc(N2CCC(C(O)CC3c4ccccc4-c4cncn43)CC2)n1. The van der Waals surface area contributed by atoms with Crippen LogP contribution in [0.25, 0.3) is 22.5 Å². The number of fused-ring (bicyclic) bond motifs is 6. The third-order valence-corrected chi connectivity index (χ3v) is 12.2. The largest absolute Gasteiger partial charge is 0.393 e. The standard InChI is InChI=1S/2C21H24N6O/c22-21-24-8-5-20(25-21)26-9-6-14(7-10-26)19(28)11-17-15-3-1-2-4-16(15)18-12-23-13-27(17)18;22-20-5-8-24-21(25-20)26-9-6-14(7-10-26)19(28)11-17-15-3-1-2-4-16(15)18-12-23-13-27(17)18/h2*1-5,8,12-14,17,19,28H,6-7,9-11H2,(H2,22,24,25). The van der Waals surface area contributed by atoms with E-state index in [-0.39, 0.29) is 36.1 Å². The molecule has 14 heteroatoms. The lowest BCUT2D eigenvalue weighted by Gasteiger charge is -2.35. The fourth-order valence-corrected chi connectivity index (χ4v) is 9.24. The first kappa shape index (κ1) is 35.8. The number of imidazole rings is 2. The van der Waals surface area contributed by atoms with Gasteiger partial charge in [-0.2, -0.15) is 9.97 Å². The Morgan fingerprint density at radius 3 is 1.68 bits per heavy atom. The molecule has 4 aromatic heterocycles. The van der Waals surface area contributed by atoms with Crippen LogP contribution < -0.4 is 21.3 Å². The van der Waals surface area contributed by atoms with Gasteiger partial charge >= 0.3 is 0 Å². The quantitative estimate of drug-likeness (QED) is 0.164. The first-order valence-corrected chi connectivity index (χ1v) is 19.7. The second-order valence-electron chi connectivity index (χ2n) is 15.4. The molecule has 10 rings (SSSR count). The van der Waals surface area contributed by atoms with E-state index in [1.165, 1.54) is 22.3 Å². The lowest BCUT2D eigenvalue weighted by Crippen LogP contribution is -2.39. The molecule has 0 radical (unpaired) electrons. The Bertz CT molecular complexity index is 2120. The van der Waals surface area contributed by atoms with E-state index in [2.05, 4.69) is 97.4 Å². The third kappa shape index (κ3) is 6.94. The van der Waals surface area contributed by atoms with Crippen molar-refractivity contribution in [1.82, 2.24) is 39.0 Å². The van der Waals surface area contributed by atoms with Gasteiger partial charge in [-0.1, -0.05) is 48.5 Å². The highest BCUT2D eigenvalue weighted by atomic mass is 16.3. The van der Waals surface area contributed by atoms with Gasteiger partial charge in [-0.25, -0.2) is 19.9 Å². The van der Waals surface area contributed by atoms with Gasteiger partial charge in [0.15, 0.2) is 0 Å². The van der Waals surface area contributed by atoms with Gasteiger partial charge in [-0.05, 0) is 73.6 Å². The summed E-state index contributed by atoms with van der Waals surface area (Å²) in [5.41, 5.74) is 18.8. The van der Waals surface area contributed by atoms with E-state index in [1.807, 2.05) is 31.1 Å². The molecular formula is C42H48N12O2. The summed E-state index contributed by atoms with van der Waals surface area (Å²) in [5, 5.41) is 22.0. The number of nitrogens with zero attached hydrogens (tertiary/aromatic N) is 10. The molecule has 0 bridgehead atoms. The van der Waals surface area contributed by atoms with E-state index in [0.717, 1.165) is 69.1 Å². The maximum atomic E-state index is 11.0. The summed E-state index contributed by atoms with van der Waals surface area (Å²) in [7, 11) is 0. The minimum atomic E-state index is -0.352. The fraction of sp³-hybridized carbons (Fsp3) is 0.381. The predicted octanol–water partition coefficient (Wildman–Crippen LogP) is 4.99. The van der Waals surface area contributed by atoms with Crippen molar-refractivity contribution in [3.63, 3.8) is 0 Å². The van der Waals surface area contributed by atoms with E-state index in [9.17, 15) is 10.2 Å². The second kappa shape index (κ2) is 15.3. The van der Waals surface area contributed by atoms with E-state index < -0.39 is 0 Å². The van der Waals surface area contributed by atoms with Crippen LogP contribution in [0.4, 0.5) is 23.5 Å². The van der Waals surface area contributed by atoms with Crippen molar-refractivity contribution in [3.8, 4) is 22.5 Å². The highest BCUT2D eigenvalue weighted by Gasteiger charge is 2.35. The highest BCUT2D eigenvalue weighted by Crippen LogP contribution is 2.44. The Kier molecular flexibility index (Phi) is 9.82. The molecule has 2 saturated heterocycles. The molecule has 0 spiro atoms. The van der Waals surface area contributed by atoms with Crippen LogP contribution in [-0.2, 0) is 0 Å². The summed E-state index contributed by atoms with van der Waals surface area (Å²) in [4.78, 5) is 29.9. The number of aliphatic hydroxyl groups excluding tert-OH is 2. The molecule has 288 valence electrons. The van der Waals surface area contributed by atoms with Gasteiger partial charge in [0.2, 0.25) is 11.9 Å². The number of hydrogen-bond donors (Lipinski definition) is 4. The summed E-state index contributed by atoms with van der Waals surface area (Å²) < 4.78 is 4.40. The van der Waals surface area contributed by atoms with E-state index in [4.69, 9.17) is 11.5 Å². The summed E-state index contributed by atoms with van der Waals surface area (Å²) in [6, 6.07) is 20.8. The molecule has 0 amide bonds. The predicted molar refractivity (Wildman–Crippen MR) is 216 cm³/mol. The third-order valence-electron chi connectivity index (χ3n) is 12.2. The smallest absolute Gasteiger partial charge is 0.227 e. The van der Waals surface area contributed by atoms with Gasteiger partial charge < -0.3 is 40.6 Å². The number of nitrogen functional groups attached to an aromatic ring is 2. The number of anilines is 4. The van der Waals surface area contributed by atoms with Gasteiger partial charge in [-0.3, -0.25) is 0 Å². The number of hydrogen-bond acceptors (Lipinski definition) is 12. The molecule has 0 aliphatic carbocycles. The highest BCUT2D eigenvalue weighted by molar-refractivity contribution is 5.69. The van der Waals surface area contributed by atoms with Crippen molar-refractivity contribution < 1.29 is 10.2 Å². The summed E-state index contributed by atoms with van der Waals surface area (Å²) in [6.45, 7) is 3.41. The van der Waals surface area contributed by atoms with Gasteiger partial charge in [0, 0.05) is 49.7 Å². The lowest BCUT2D eigenvalue weighted by atomic mass is 9.86. The molecule has 4 atom stereocenters. The molecule has 4 aliphatic heterocycles. The minimum Gasteiger partial charge on any atom is -0.393 e. The molecule has 56 heavy (non-hydrogen) atoms. The topological polar surface area (TPSA) is 186 Å². The number of piperidine rings is 2. The van der Waals surface area contributed by atoms with Crippen LogP contribution in [0.1, 0.15) is 61.7 Å². The molecule has 6 N–H and O–H groups in total. The van der Waals surface area contributed by atoms with Crippen LogP contribution in [-0.4, -0.2) is 87.6 Å². The molecule has 2 fully saturated rings. The molecule has 6 aromatic rings. The van der Waals surface area contributed by atoms with Crippen molar-refractivity contribution in [2.24, 2.45) is 11.8 Å². The number of nitrogens with two attached hydrogens (primary N) is 2. The molecule has 8 heterocycles. The zero-order valence-electron chi connectivity index (χ0n) is 31.3. The van der Waals surface area contributed by atoms with Crippen LogP contribution >= 0.6 is 0 Å². The van der Waals surface area contributed by atoms with Crippen molar-refractivity contribution in [3.05, 3.63) is 109 Å². The molecule has 14 nitrogen and oxygen atoms in total. The lowest BCUT2D eigenvalue weighted by molar-refractivity contribution is 0.0753. The molecule has 4 aliphatic rings. The van der Waals surface area contributed by atoms with Gasteiger partial charge in [0.1, 0.15) is 11.6 Å². The van der Waals surface area contributed by atoms with Gasteiger partial charge in [-0.15, -0.1) is 0 Å². The maximum absolute atomic E-state index is 11.0. The van der Waals surface area contributed by atoms with Crippen molar-refractivity contribution >= 4 is 23.5 Å². The minimum absolute atomic E-state index is 0.152. The van der Waals surface area contributed by atoms with Crippen molar-refractivity contribution in [1.29, 1.82) is 0 Å². The summed E-state index contributed by atoms with van der Waals surface area (Å²) >= 11 is 0. The Hall–Kier alpha value is -5.86. The fourth-order valence-electron chi connectivity index (χ4n) is 9.24. The second-order valence-corrected chi connectivity index (χ2v) is 15.4. The monoisotopic (exact) mass is 752 g/mol. The van der Waals surface area contributed by atoms with Crippen LogP contribution in [0.2, 0.25) is 0 Å². The first-order chi connectivity index (χ1) is 27.4. The van der Waals surface area contributed by atoms with E-state index in [1.54, 1.807) is 18.5 Å². The van der Waals surface area contributed by atoms with Crippen molar-refractivity contribution in [2.45, 2.75) is 62.8 Å². The van der Waals surface area contributed by atoms with Crippen LogP contribution in [0.3, 0.4) is 0 Å². The van der Waals surface area contributed by atoms with E-state index in [0.29, 0.717) is 30.6 Å². The average molecular weight is 753 g/mol. The zero-order valence-corrected chi connectivity index (χ0v) is 31.3. The normalized spacial score (nSPS) is 20.0. The summed E-state index contributed by atoms with van der Waals surface area (Å²) in [5.74, 6) is 2.90.